The van der Waals surface area contributed by atoms with E-state index in [1.165, 1.54) is 6.07 Å². The highest BCUT2D eigenvalue weighted by molar-refractivity contribution is 6.05. The maximum atomic E-state index is 14.0. The molecule has 4 aliphatic heterocycles. The van der Waals surface area contributed by atoms with Gasteiger partial charge in [-0.15, -0.1) is 0 Å². The van der Waals surface area contributed by atoms with Crippen LogP contribution < -0.4 is 10.1 Å². The molecular weight excluding hydrogens is 506 g/mol. The number of nitrogens with one attached hydrogen (secondary N) is 1. The number of fused-ring (bicyclic) bond motifs is 3. The first-order valence-corrected chi connectivity index (χ1v) is 13.8. The maximum Gasteiger partial charge on any atom is 0.258 e. The topological polar surface area (TPSA) is 91.8 Å². The SMILES string of the molecule is O=C1CCC(N2Cc3c(CCCCCN4CCC5(CC4)COc4c5cc(F)nc4F)cccc3C2=O)C(=O)N1. The van der Waals surface area contributed by atoms with Gasteiger partial charge in [0.15, 0.2) is 5.75 Å². The molecule has 6 rings (SSSR count). The zero-order chi connectivity index (χ0) is 27.1. The van der Waals surface area contributed by atoms with Crippen LogP contribution in [-0.4, -0.2) is 64.8 Å². The van der Waals surface area contributed by atoms with Gasteiger partial charge in [0, 0.05) is 35.6 Å². The van der Waals surface area contributed by atoms with Gasteiger partial charge in [-0.1, -0.05) is 18.6 Å². The standard InChI is InChI=1S/C29H32F2N4O4/c30-23-15-21-25(26(31)32-23)39-17-29(21)10-13-34(14-11-29)12-3-1-2-5-18-6-4-7-19-20(18)16-35(28(19)38)22-8-9-24(36)33-27(22)37/h4,6-7,15,22H,1-3,5,8-14,16-17H2,(H,33,36,37). The van der Waals surface area contributed by atoms with E-state index in [9.17, 15) is 23.2 Å². The van der Waals surface area contributed by atoms with Crippen molar-refractivity contribution in [2.24, 2.45) is 0 Å². The van der Waals surface area contributed by atoms with E-state index in [2.05, 4.69) is 21.3 Å². The number of halogens is 2. The maximum absolute atomic E-state index is 14.0. The van der Waals surface area contributed by atoms with E-state index in [-0.39, 0.29) is 29.4 Å². The van der Waals surface area contributed by atoms with Crippen LogP contribution in [0.5, 0.6) is 5.75 Å². The lowest BCUT2D eigenvalue weighted by Gasteiger charge is -2.38. The minimum Gasteiger partial charge on any atom is -0.488 e. The van der Waals surface area contributed by atoms with Crippen LogP contribution in [0.1, 0.15) is 72.0 Å². The average molecular weight is 539 g/mol. The Bertz CT molecular complexity index is 1320. The third-order valence-electron chi connectivity index (χ3n) is 8.88. The second-order valence-electron chi connectivity index (χ2n) is 11.2. The summed E-state index contributed by atoms with van der Waals surface area (Å²) < 4.78 is 33.4. The van der Waals surface area contributed by atoms with Gasteiger partial charge in [0.25, 0.3) is 11.9 Å². The Morgan fingerprint density at radius 1 is 1.10 bits per heavy atom. The number of rotatable bonds is 7. The fraction of sp³-hybridized carbons (Fsp3) is 0.517. The minimum absolute atomic E-state index is 0.110. The number of ether oxygens (including phenoxy) is 1. The molecule has 5 heterocycles. The monoisotopic (exact) mass is 538 g/mol. The molecule has 1 aromatic carbocycles. The Morgan fingerprint density at radius 2 is 1.92 bits per heavy atom. The number of nitrogens with zero attached hydrogens (tertiary/aromatic N) is 3. The Balaban J connectivity index is 0.978. The number of hydrogen-bond donors (Lipinski definition) is 1. The summed E-state index contributed by atoms with van der Waals surface area (Å²) in [6, 6.07) is 6.52. The minimum atomic E-state index is -0.860. The zero-order valence-corrected chi connectivity index (χ0v) is 21.8. The van der Waals surface area contributed by atoms with Gasteiger partial charge in [-0.2, -0.15) is 13.8 Å². The number of benzene rings is 1. The lowest BCUT2D eigenvalue weighted by Crippen LogP contribution is -2.52. The number of piperidine rings is 2. The van der Waals surface area contributed by atoms with Crippen molar-refractivity contribution in [2.45, 2.75) is 69.4 Å². The fourth-order valence-electron chi connectivity index (χ4n) is 6.62. The molecular formula is C29H32F2N4O4. The van der Waals surface area contributed by atoms with Crippen LogP contribution in [0.4, 0.5) is 8.78 Å². The van der Waals surface area contributed by atoms with E-state index >= 15 is 0 Å². The zero-order valence-electron chi connectivity index (χ0n) is 21.8. The molecule has 2 saturated heterocycles. The third kappa shape index (κ3) is 4.79. The first-order valence-electron chi connectivity index (χ1n) is 13.8. The molecule has 3 amide bonds. The number of pyridine rings is 1. The number of carbonyl (C=O) groups excluding carboxylic acids is 3. The van der Waals surface area contributed by atoms with Crippen LogP contribution in [0.15, 0.2) is 24.3 Å². The molecule has 1 unspecified atom stereocenters. The first kappa shape index (κ1) is 25.9. The summed E-state index contributed by atoms with van der Waals surface area (Å²) in [6.07, 6.45) is 6.16. The molecule has 2 aromatic rings. The summed E-state index contributed by atoms with van der Waals surface area (Å²) >= 11 is 0. The highest BCUT2D eigenvalue weighted by Crippen LogP contribution is 2.46. The summed E-state index contributed by atoms with van der Waals surface area (Å²) in [6.45, 7) is 3.47. The van der Waals surface area contributed by atoms with Crippen molar-refractivity contribution >= 4 is 17.7 Å². The second kappa shape index (κ2) is 10.3. The second-order valence-corrected chi connectivity index (χ2v) is 11.2. The lowest BCUT2D eigenvalue weighted by molar-refractivity contribution is -0.136. The number of aryl methyl sites for hydroxylation is 1. The number of aromatic nitrogens is 1. The van der Waals surface area contributed by atoms with Crippen molar-refractivity contribution < 1.29 is 27.9 Å². The largest absolute Gasteiger partial charge is 0.488 e. The molecule has 1 N–H and O–H groups in total. The summed E-state index contributed by atoms with van der Waals surface area (Å²) in [5.41, 5.74) is 3.09. The number of carbonyl (C=O) groups is 3. The molecule has 8 nitrogen and oxygen atoms in total. The molecule has 1 aromatic heterocycles. The lowest BCUT2D eigenvalue weighted by atomic mass is 9.74. The number of likely N-dealkylation sites (tertiary alicyclic amines) is 1. The van der Waals surface area contributed by atoms with Gasteiger partial charge in [0.2, 0.25) is 17.8 Å². The molecule has 206 valence electrons. The molecule has 0 bridgehead atoms. The van der Waals surface area contributed by atoms with E-state index in [0.29, 0.717) is 30.7 Å². The molecule has 0 saturated carbocycles. The summed E-state index contributed by atoms with van der Waals surface area (Å²) in [5, 5.41) is 2.35. The van der Waals surface area contributed by atoms with E-state index in [1.807, 2.05) is 12.1 Å². The van der Waals surface area contributed by atoms with Crippen molar-refractivity contribution in [3.63, 3.8) is 0 Å². The third-order valence-corrected chi connectivity index (χ3v) is 8.88. The Hall–Kier alpha value is -3.40. The van der Waals surface area contributed by atoms with Crippen LogP contribution in [-0.2, 0) is 28.0 Å². The number of imide groups is 1. The molecule has 39 heavy (non-hydrogen) atoms. The van der Waals surface area contributed by atoms with Crippen molar-refractivity contribution in [1.82, 2.24) is 20.1 Å². The highest BCUT2D eigenvalue weighted by atomic mass is 19.1. The number of amides is 3. The van der Waals surface area contributed by atoms with Crippen LogP contribution in [0.3, 0.4) is 0 Å². The first-order chi connectivity index (χ1) is 18.8. The van der Waals surface area contributed by atoms with Gasteiger partial charge < -0.3 is 14.5 Å². The van der Waals surface area contributed by atoms with Crippen LogP contribution in [0.25, 0.3) is 0 Å². The molecule has 4 aliphatic rings. The summed E-state index contributed by atoms with van der Waals surface area (Å²) in [7, 11) is 0. The molecule has 0 radical (unpaired) electrons. The summed E-state index contributed by atoms with van der Waals surface area (Å²) in [5.74, 6) is -2.36. The number of hydrogen-bond acceptors (Lipinski definition) is 6. The molecule has 0 aliphatic carbocycles. The van der Waals surface area contributed by atoms with Gasteiger partial charge in [-0.05, 0) is 75.4 Å². The molecule has 10 heteroatoms. The smallest absolute Gasteiger partial charge is 0.258 e. The molecule has 2 fully saturated rings. The van der Waals surface area contributed by atoms with Gasteiger partial charge in [-0.25, -0.2) is 0 Å². The van der Waals surface area contributed by atoms with E-state index in [0.717, 1.165) is 69.3 Å². The van der Waals surface area contributed by atoms with Gasteiger partial charge in [0.05, 0.1) is 6.61 Å². The highest BCUT2D eigenvalue weighted by Gasteiger charge is 2.45. The summed E-state index contributed by atoms with van der Waals surface area (Å²) in [4.78, 5) is 44.1. The van der Waals surface area contributed by atoms with Gasteiger partial charge in [0.1, 0.15) is 6.04 Å². The van der Waals surface area contributed by atoms with Crippen molar-refractivity contribution in [1.29, 1.82) is 0 Å². The normalized spacial score (nSPS) is 22.2. The van der Waals surface area contributed by atoms with Crippen LogP contribution >= 0.6 is 0 Å². The van der Waals surface area contributed by atoms with Gasteiger partial charge in [-0.3, -0.25) is 19.7 Å². The van der Waals surface area contributed by atoms with E-state index in [4.69, 9.17) is 4.74 Å². The Morgan fingerprint density at radius 3 is 2.72 bits per heavy atom. The van der Waals surface area contributed by atoms with Crippen LogP contribution in [0.2, 0.25) is 0 Å². The van der Waals surface area contributed by atoms with E-state index < -0.39 is 23.8 Å². The van der Waals surface area contributed by atoms with Crippen molar-refractivity contribution in [3.8, 4) is 5.75 Å². The quantitative estimate of drug-likeness (QED) is 0.331. The average Bonchev–Trinajstić information content (AvgIpc) is 3.43. The van der Waals surface area contributed by atoms with E-state index in [1.54, 1.807) is 4.90 Å². The Labute approximate surface area is 225 Å². The van der Waals surface area contributed by atoms with Gasteiger partial charge >= 0.3 is 0 Å². The molecule has 1 spiro atoms. The van der Waals surface area contributed by atoms with Crippen molar-refractivity contribution in [3.05, 3.63) is 58.4 Å². The van der Waals surface area contributed by atoms with Crippen molar-refractivity contribution in [2.75, 3.05) is 26.2 Å². The fourth-order valence-corrected chi connectivity index (χ4v) is 6.62. The van der Waals surface area contributed by atoms with Crippen LogP contribution in [0, 0.1) is 11.9 Å². The predicted octanol–water partition coefficient (Wildman–Crippen LogP) is 3.26. The predicted molar refractivity (Wildman–Crippen MR) is 137 cm³/mol. The number of unbranched alkanes of at least 4 members (excludes halogenated alkanes) is 2. The molecule has 1 atom stereocenters. The Kier molecular flexibility index (Phi) is 6.82.